The normalized spacial score (nSPS) is 11.4. The van der Waals surface area contributed by atoms with Crippen LogP contribution in [0.3, 0.4) is 0 Å². The third-order valence-corrected chi connectivity index (χ3v) is 5.84. The molecular formula is C28H29F2N5O3. The lowest BCUT2D eigenvalue weighted by Gasteiger charge is -2.17. The number of ether oxygens (including phenoxy) is 1. The Morgan fingerprint density at radius 3 is 2.71 bits per heavy atom. The smallest absolute Gasteiger partial charge is 0.294 e. The van der Waals surface area contributed by atoms with Crippen LogP contribution in [0.2, 0.25) is 0 Å². The zero-order chi connectivity index (χ0) is 27.3. The van der Waals surface area contributed by atoms with E-state index in [-0.39, 0.29) is 23.6 Å². The number of rotatable bonds is 10. The molecule has 0 spiro atoms. The van der Waals surface area contributed by atoms with Gasteiger partial charge in [0.05, 0.1) is 12.2 Å². The number of pyridine rings is 1. The highest BCUT2D eigenvalue weighted by Crippen LogP contribution is 2.29. The Labute approximate surface area is 219 Å². The molecule has 0 aliphatic carbocycles. The van der Waals surface area contributed by atoms with Gasteiger partial charge >= 0.3 is 0 Å². The summed E-state index contributed by atoms with van der Waals surface area (Å²) >= 11 is 0. The number of nitrogens with zero attached hydrogens (tertiary/aromatic N) is 3. The number of aromatic nitrogens is 4. The fourth-order valence-corrected chi connectivity index (χ4v) is 3.88. The number of carbonyl (C=O) groups is 1. The van der Waals surface area contributed by atoms with Crippen LogP contribution < -0.4 is 10.1 Å². The van der Waals surface area contributed by atoms with Crippen molar-refractivity contribution < 1.29 is 23.4 Å². The zero-order valence-electron chi connectivity index (χ0n) is 21.4. The van der Waals surface area contributed by atoms with Gasteiger partial charge in [0.15, 0.2) is 0 Å². The molecule has 2 aromatic carbocycles. The van der Waals surface area contributed by atoms with Crippen molar-refractivity contribution in [1.82, 2.24) is 20.2 Å². The van der Waals surface area contributed by atoms with Crippen LogP contribution >= 0.6 is 0 Å². The van der Waals surface area contributed by atoms with Crippen molar-refractivity contribution in [2.75, 3.05) is 11.9 Å². The summed E-state index contributed by atoms with van der Waals surface area (Å²) in [5.41, 5.74) is 2.13. The van der Waals surface area contributed by atoms with E-state index >= 15 is 0 Å². The van der Waals surface area contributed by atoms with Gasteiger partial charge < -0.3 is 20.1 Å². The molecule has 4 aromatic rings. The molecule has 198 valence electrons. The van der Waals surface area contributed by atoms with Crippen molar-refractivity contribution in [2.24, 2.45) is 0 Å². The van der Waals surface area contributed by atoms with E-state index in [1.807, 2.05) is 31.2 Å². The van der Waals surface area contributed by atoms with Gasteiger partial charge in [-0.05, 0) is 98.3 Å². The van der Waals surface area contributed by atoms with Gasteiger partial charge in [-0.3, -0.25) is 4.79 Å². The first-order valence-electron chi connectivity index (χ1n) is 12.2. The van der Waals surface area contributed by atoms with Gasteiger partial charge in [0, 0.05) is 12.6 Å². The third kappa shape index (κ3) is 7.19. The third-order valence-electron chi connectivity index (χ3n) is 5.84. The average molecular weight is 522 g/mol. The molecule has 0 aliphatic rings. The van der Waals surface area contributed by atoms with E-state index in [0.717, 1.165) is 41.3 Å². The fourth-order valence-electron chi connectivity index (χ4n) is 3.88. The maximum absolute atomic E-state index is 13.9. The fraction of sp³-hybridized carbons (Fsp3) is 0.286. The highest BCUT2D eigenvalue weighted by atomic mass is 19.1. The van der Waals surface area contributed by atoms with E-state index in [1.54, 1.807) is 26.1 Å². The Bertz CT molecular complexity index is 1430. The van der Waals surface area contributed by atoms with Crippen molar-refractivity contribution in [3.05, 3.63) is 89.1 Å². The number of H-pyrrole nitrogens is 1. The molecule has 0 radical (unpaired) electrons. The molecule has 38 heavy (non-hydrogen) atoms. The van der Waals surface area contributed by atoms with Crippen LogP contribution in [0.5, 0.6) is 5.75 Å². The maximum atomic E-state index is 13.9. The van der Waals surface area contributed by atoms with E-state index in [2.05, 4.69) is 25.5 Å². The van der Waals surface area contributed by atoms with E-state index < -0.39 is 23.1 Å². The minimum absolute atomic E-state index is 0.0486. The number of nitrogens with one attached hydrogen (secondary N) is 2. The maximum Gasteiger partial charge on any atom is 0.294 e. The van der Waals surface area contributed by atoms with E-state index in [1.165, 1.54) is 0 Å². The molecule has 10 heteroatoms. The van der Waals surface area contributed by atoms with Crippen molar-refractivity contribution in [1.29, 1.82) is 0 Å². The number of halogens is 2. The lowest BCUT2D eigenvalue weighted by Crippen LogP contribution is -2.19. The number of aryl methyl sites for hydroxylation is 1. The van der Waals surface area contributed by atoms with Crippen molar-refractivity contribution in [2.45, 2.75) is 45.6 Å². The molecule has 2 heterocycles. The van der Waals surface area contributed by atoms with Crippen LogP contribution in [0.1, 0.15) is 54.3 Å². The molecule has 0 saturated carbocycles. The second-order valence-electron chi connectivity index (χ2n) is 9.66. The molecule has 4 rings (SSSR count). The summed E-state index contributed by atoms with van der Waals surface area (Å²) < 4.78 is 33.2. The Morgan fingerprint density at radius 2 is 1.92 bits per heavy atom. The SMILES string of the molecule is Cc1ccc(OCCCC(C)(C)O)cc1-c1ccnc(NC(=O)c2nnc(Cc3cc(F)ccc3F)[nH]2)c1. The summed E-state index contributed by atoms with van der Waals surface area (Å²) in [5, 5.41) is 20.2. The highest BCUT2D eigenvalue weighted by Gasteiger charge is 2.16. The molecule has 0 atom stereocenters. The molecular weight excluding hydrogens is 492 g/mol. The first-order chi connectivity index (χ1) is 18.1. The van der Waals surface area contributed by atoms with Crippen LogP contribution in [0, 0.1) is 18.6 Å². The standard InChI is InChI=1S/C28H29F2N5O3/c1-17-5-7-21(38-12-4-10-28(2,3)37)16-22(17)18-9-11-31-24(14-18)33-27(36)26-32-25(34-35-26)15-19-13-20(29)6-8-23(19)30/h5-9,11,13-14,16,37H,4,10,12,15H2,1-3H3,(H,31,33,36)(H,32,34,35). The van der Waals surface area contributed by atoms with Gasteiger partial charge in [-0.15, -0.1) is 10.2 Å². The predicted molar refractivity (Wildman–Crippen MR) is 139 cm³/mol. The van der Waals surface area contributed by atoms with Gasteiger partial charge in [-0.2, -0.15) is 0 Å². The van der Waals surface area contributed by atoms with Crippen LogP contribution in [0.15, 0.2) is 54.7 Å². The second kappa shape index (κ2) is 11.5. The van der Waals surface area contributed by atoms with Crippen LogP contribution in [0.4, 0.5) is 14.6 Å². The number of carbonyl (C=O) groups excluding carboxylic acids is 1. The van der Waals surface area contributed by atoms with Gasteiger partial charge in [0.25, 0.3) is 5.91 Å². The first-order valence-corrected chi connectivity index (χ1v) is 12.2. The zero-order valence-corrected chi connectivity index (χ0v) is 21.4. The topological polar surface area (TPSA) is 113 Å². The van der Waals surface area contributed by atoms with Gasteiger partial charge in [0.1, 0.15) is 29.0 Å². The van der Waals surface area contributed by atoms with E-state index in [4.69, 9.17) is 4.74 Å². The lowest BCUT2D eigenvalue weighted by molar-refractivity contribution is 0.0641. The monoisotopic (exact) mass is 521 g/mol. The summed E-state index contributed by atoms with van der Waals surface area (Å²) in [6.45, 7) is 6.00. The van der Waals surface area contributed by atoms with Crippen molar-refractivity contribution in [3.8, 4) is 16.9 Å². The quantitative estimate of drug-likeness (QED) is 0.247. The van der Waals surface area contributed by atoms with Crippen LogP contribution in [0.25, 0.3) is 11.1 Å². The van der Waals surface area contributed by atoms with Gasteiger partial charge in [-0.1, -0.05) is 6.07 Å². The summed E-state index contributed by atoms with van der Waals surface area (Å²) in [5.74, 6) is -0.575. The Balaban J connectivity index is 1.43. The molecule has 8 nitrogen and oxygen atoms in total. The molecule has 0 aliphatic heterocycles. The Morgan fingerprint density at radius 1 is 1.11 bits per heavy atom. The van der Waals surface area contributed by atoms with Crippen LogP contribution in [-0.4, -0.2) is 43.4 Å². The second-order valence-corrected chi connectivity index (χ2v) is 9.66. The Kier molecular flexibility index (Phi) is 8.11. The summed E-state index contributed by atoms with van der Waals surface area (Å²) in [7, 11) is 0. The summed E-state index contributed by atoms with van der Waals surface area (Å²) in [6, 6.07) is 12.5. The molecule has 3 N–H and O–H groups in total. The molecule has 0 fully saturated rings. The molecule has 1 amide bonds. The summed E-state index contributed by atoms with van der Waals surface area (Å²) in [6.07, 6.45) is 2.89. The molecule has 0 unspecified atom stereocenters. The number of benzene rings is 2. The predicted octanol–water partition coefficient (Wildman–Crippen LogP) is 5.23. The summed E-state index contributed by atoms with van der Waals surface area (Å²) in [4.78, 5) is 19.7. The Hall–Kier alpha value is -4.18. The number of anilines is 1. The van der Waals surface area contributed by atoms with Gasteiger partial charge in [-0.25, -0.2) is 13.8 Å². The number of hydrogen-bond donors (Lipinski definition) is 3. The number of hydrogen-bond acceptors (Lipinski definition) is 6. The highest BCUT2D eigenvalue weighted by molar-refractivity contribution is 6.01. The average Bonchev–Trinajstić information content (AvgIpc) is 3.33. The molecule has 0 saturated heterocycles. The number of aromatic amines is 1. The number of amides is 1. The van der Waals surface area contributed by atoms with Crippen molar-refractivity contribution >= 4 is 11.7 Å². The minimum Gasteiger partial charge on any atom is -0.494 e. The van der Waals surface area contributed by atoms with E-state index in [9.17, 15) is 18.7 Å². The van der Waals surface area contributed by atoms with E-state index in [0.29, 0.717) is 24.6 Å². The van der Waals surface area contributed by atoms with Crippen molar-refractivity contribution in [3.63, 3.8) is 0 Å². The largest absolute Gasteiger partial charge is 0.494 e. The lowest BCUT2D eigenvalue weighted by atomic mass is 10.0. The van der Waals surface area contributed by atoms with Gasteiger partial charge in [0.2, 0.25) is 5.82 Å². The van der Waals surface area contributed by atoms with Crippen LogP contribution in [-0.2, 0) is 6.42 Å². The first kappa shape index (κ1) is 26.9. The number of aliphatic hydroxyl groups is 1. The molecule has 0 bridgehead atoms. The minimum atomic E-state index is -0.730. The molecule has 2 aromatic heterocycles.